The molecule has 1 aliphatic heterocycles. The Labute approximate surface area is 167 Å². The van der Waals surface area contributed by atoms with E-state index in [1.54, 1.807) is 21.3 Å². The van der Waals surface area contributed by atoms with Crippen LogP contribution in [0.4, 0.5) is 0 Å². The second-order valence-corrected chi connectivity index (χ2v) is 6.64. The van der Waals surface area contributed by atoms with Crippen molar-refractivity contribution in [3.8, 4) is 23.0 Å². The van der Waals surface area contributed by atoms with Crippen LogP contribution in [0.3, 0.4) is 0 Å². The van der Waals surface area contributed by atoms with Crippen molar-refractivity contribution in [1.29, 1.82) is 0 Å². The van der Waals surface area contributed by atoms with Gasteiger partial charge in [-0.05, 0) is 42.8 Å². The molecule has 28 heavy (non-hydrogen) atoms. The van der Waals surface area contributed by atoms with Crippen LogP contribution in [0, 0.1) is 0 Å². The Balaban J connectivity index is 2.10. The van der Waals surface area contributed by atoms with E-state index in [1.165, 1.54) is 0 Å². The maximum absolute atomic E-state index is 5.70. The minimum Gasteiger partial charge on any atom is -0.497 e. The van der Waals surface area contributed by atoms with Crippen molar-refractivity contribution in [3.05, 3.63) is 47.5 Å². The molecule has 0 aliphatic carbocycles. The molecule has 2 aromatic rings. The summed E-state index contributed by atoms with van der Waals surface area (Å²) in [6, 6.07) is 12.1. The Bertz CT molecular complexity index is 775. The highest BCUT2D eigenvalue weighted by molar-refractivity contribution is 5.50. The number of hydrogen-bond donors (Lipinski definition) is 1. The van der Waals surface area contributed by atoms with Gasteiger partial charge in [-0.1, -0.05) is 6.07 Å². The van der Waals surface area contributed by atoms with Crippen LogP contribution in [0.1, 0.15) is 24.1 Å². The second kappa shape index (κ2) is 9.66. The SMILES string of the molecule is CCOc1ccc(C(c2cc(OC)ccc2OC)N2CCNCC2)cc1OC. The minimum atomic E-state index is 0.0247. The van der Waals surface area contributed by atoms with E-state index in [9.17, 15) is 0 Å². The number of benzene rings is 2. The molecule has 1 heterocycles. The van der Waals surface area contributed by atoms with Crippen molar-refractivity contribution in [2.24, 2.45) is 0 Å². The fourth-order valence-corrected chi connectivity index (χ4v) is 3.71. The molecule has 0 bridgehead atoms. The van der Waals surface area contributed by atoms with Gasteiger partial charge in [0.2, 0.25) is 0 Å². The van der Waals surface area contributed by atoms with Gasteiger partial charge in [0, 0.05) is 31.7 Å². The Morgan fingerprint density at radius 3 is 2.25 bits per heavy atom. The number of nitrogens with zero attached hydrogens (tertiary/aromatic N) is 1. The fourth-order valence-electron chi connectivity index (χ4n) is 3.71. The molecule has 1 atom stereocenters. The van der Waals surface area contributed by atoms with Crippen molar-refractivity contribution < 1.29 is 18.9 Å². The van der Waals surface area contributed by atoms with E-state index in [-0.39, 0.29) is 6.04 Å². The summed E-state index contributed by atoms with van der Waals surface area (Å²) in [6.45, 7) is 6.37. The molecule has 152 valence electrons. The molecule has 6 nitrogen and oxygen atoms in total. The average Bonchev–Trinajstić information content (AvgIpc) is 2.75. The lowest BCUT2D eigenvalue weighted by molar-refractivity contribution is 0.194. The monoisotopic (exact) mass is 386 g/mol. The molecule has 1 N–H and O–H groups in total. The van der Waals surface area contributed by atoms with Gasteiger partial charge in [-0.25, -0.2) is 0 Å². The first kappa shape index (κ1) is 20.3. The summed E-state index contributed by atoms with van der Waals surface area (Å²) in [5.41, 5.74) is 2.21. The van der Waals surface area contributed by atoms with Gasteiger partial charge in [0.1, 0.15) is 11.5 Å². The zero-order valence-electron chi connectivity index (χ0n) is 17.2. The van der Waals surface area contributed by atoms with Gasteiger partial charge < -0.3 is 24.3 Å². The lowest BCUT2D eigenvalue weighted by atomic mass is 9.95. The third-order valence-electron chi connectivity index (χ3n) is 5.05. The molecule has 1 unspecified atom stereocenters. The van der Waals surface area contributed by atoms with E-state index in [2.05, 4.69) is 28.4 Å². The summed E-state index contributed by atoms with van der Waals surface area (Å²) in [5, 5.41) is 3.43. The lowest BCUT2D eigenvalue weighted by Gasteiger charge is -2.36. The largest absolute Gasteiger partial charge is 0.497 e. The van der Waals surface area contributed by atoms with E-state index in [4.69, 9.17) is 18.9 Å². The highest BCUT2D eigenvalue weighted by Crippen LogP contribution is 2.40. The average molecular weight is 386 g/mol. The number of rotatable bonds is 8. The van der Waals surface area contributed by atoms with Gasteiger partial charge in [-0.15, -0.1) is 0 Å². The Morgan fingerprint density at radius 1 is 0.893 bits per heavy atom. The summed E-state index contributed by atoms with van der Waals surface area (Å²) < 4.78 is 22.5. The van der Waals surface area contributed by atoms with Crippen molar-refractivity contribution in [2.75, 3.05) is 54.1 Å². The number of ether oxygens (including phenoxy) is 4. The molecule has 0 amide bonds. The third-order valence-corrected chi connectivity index (χ3v) is 5.05. The van der Waals surface area contributed by atoms with Crippen molar-refractivity contribution in [3.63, 3.8) is 0 Å². The molecular weight excluding hydrogens is 356 g/mol. The highest BCUT2D eigenvalue weighted by Gasteiger charge is 2.28. The molecule has 2 aromatic carbocycles. The molecule has 0 saturated carbocycles. The molecule has 1 fully saturated rings. The molecule has 1 saturated heterocycles. The highest BCUT2D eigenvalue weighted by atomic mass is 16.5. The van der Waals surface area contributed by atoms with Gasteiger partial charge in [0.15, 0.2) is 11.5 Å². The van der Waals surface area contributed by atoms with Gasteiger partial charge in [-0.2, -0.15) is 0 Å². The summed E-state index contributed by atoms with van der Waals surface area (Å²) >= 11 is 0. The van der Waals surface area contributed by atoms with Crippen molar-refractivity contribution in [1.82, 2.24) is 10.2 Å². The summed E-state index contributed by atoms with van der Waals surface area (Å²) in [6.07, 6.45) is 0. The smallest absolute Gasteiger partial charge is 0.161 e. The molecule has 3 rings (SSSR count). The predicted octanol–water partition coefficient (Wildman–Crippen LogP) is 3.11. The second-order valence-electron chi connectivity index (χ2n) is 6.64. The van der Waals surface area contributed by atoms with Crippen molar-refractivity contribution >= 4 is 0 Å². The van der Waals surface area contributed by atoms with Gasteiger partial charge in [0.25, 0.3) is 0 Å². The first-order chi connectivity index (χ1) is 13.7. The normalized spacial score (nSPS) is 15.7. The van der Waals surface area contributed by atoms with Gasteiger partial charge >= 0.3 is 0 Å². The first-order valence-electron chi connectivity index (χ1n) is 9.69. The number of piperazine rings is 1. The van der Waals surface area contributed by atoms with E-state index in [0.717, 1.165) is 60.3 Å². The maximum atomic E-state index is 5.70. The zero-order valence-corrected chi connectivity index (χ0v) is 17.2. The Kier molecular flexibility index (Phi) is 7.01. The first-order valence-corrected chi connectivity index (χ1v) is 9.69. The van der Waals surface area contributed by atoms with Crippen LogP contribution in [0.5, 0.6) is 23.0 Å². The van der Waals surface area contributed by atoms with E-state index in [1.807, 2.05) is 25.1 Å². The van der Waals surface area contributed by atoms with Crippen LogP contribution in [-0.2, 0) is 0 Å². The Hall–Kier alpha value is -2.44. The van der Waals surface area contributed by atoms with Crippen LogP contribution < -0.4 is 24.3 Å². The molecule has 0 spiro atoms. The molecular formula is C22H30N2O4. The summed E-state index contributed by atoms with van der Waals surface area (Å²) in [5.74, 6) is 3.15. The third kappa shape index (κ3) is 4.34. The topological polar surface area (TPSA) is 52.2 Å². The maximum Gasteiger partial charge on any atom is 0.161 e. The zero-order chi connectivity index (χ0) is 19.9. The number of methoxy groups -OCH3 is 3. The van der Waals surface area contributed by atoms with Crippen LogP contribution >= 0.6 is 0 Å². The van der Waals surface area contributed by atoms with E-state index in [0.29, 0.717) is 6.61 Å². The van der Waals surface area contributed by atoms with Crippen LogP contribution in [0.15, 0.2) is 36.4 Å². The predicted molar refractivity (Wildman–Crippen MR) is 110 cm³/mol. The number of nitrogens with one attached hydrogen (secondary N) is 1. The minimum absolute atomic E-state index is 0.0247. The van der Waals surface area contributed by atoms with Gasteiger partial charge in [0.05, 0.1) is 34.0 Å². The fraction of sp³-hybridized carbons (Fsp3) is 0.455. The molecule has 6 heteroatoms. The lowest BCUT2D eigenvalue weighted by Crippen LogP contribution is -2.45. The Morgan fingerprint density at radius 2 is 1.61 bits per heavy atom. The molecule has 0 radical (unpaired) electrons. The molecule has 1 aliphatic rings. The van der Waals surface area contributed by atoms with Crippen LogP contribution in [0.2, 0.25) is 0 Å². The summed E-state index contributed by atoms with van der Waals surface area (Å²) in [4.78, 5) is 2.46. The standard InChI is InChI=1S/C22H30N2O4/c1-5-28-20-8-6-16(14-21(20)27-4)22(24-12-10-23-11-13-24)18-15-17(25-2)7-9-19(18)26-3/h6-9,14-15,22-23H,5,10-13H2,1-4H3. The van der Waals surface area contributed by atoms with E-state index < -0.39 is 0 Å². The van der Waals surface area contributed by atoms with Crippen LogP contribution in [-0.4, -0.2) is 59.0 Å². The quantitative estimate of drug-likeness (QED) is 0.752. The molecule has 0 aromatic heterocycles. The van der Waals surface area contributed by atoms with E-state index >= 15 is 0 Å². The number of hydrogen-bond acceptors (Lipinski definition) is 6. The van der Waals surface area contributed by atoms with Crippen LogP contribution in [0.25, 0.3) is 0 Å². The van der Waals surface area contributed by atoms with Gasteiger partial charge in [-0.3, -0.25) is 4.90 Å². The summed E-state index contributed by atoms with van der Waals surface area (Å²) in [7, 11) is 5.07. The van der Waals surface area contributed by atoms with Crippen molar-refractivity contribution in [2.45, 2.75) is 13.0 Å².